The zero-order valence-corrected chi connectivity index (χ0v) is 19.6. The lowest BCUT2D eigenvalue weighted by molar-refractivity contribution is -0.143. The number of amides is 2. The number of benzene rings is 1. The van der Waals surface area contributed by atoms with E-state index in [9.17, 15) is 14.0 Å². The van der Waals surface area contributed by atoms with E-state index in [2.05, 4.69) is 20.6 Å². The number of hydrogen-bond acceptors (Lipinski definition) is 6. The highest BCUT2D eigenvalue weighted by molar-refractivity contribution is 6.30. The van der Waals surface area contributed by atoms with Crippen LogP contribution in [0.1, 0.15) is 39.0 Å². The topological polar surface area (TPSA) is 90.5 Å². The van der Waals surface area contributed by atoms with Gasteiger partial charge in [0.15, 0.2) is 11.6 Å². The van der Waals surface area contributed by atoms with Crippen molar-refractivity contribution in [1.82, 2.24) is 14.9 Å². The van der Waals surface area contributed by atoms with Gasteiger partial charge in [-0.25, -0.2) is 14.4 Å². The van der Waals surface area contributed by atoms with Crippen LogP contribution in [0.15, 0.2) is 24.5 Å². The Kier molecular flexibility index (Phi) is 7.45. The van der Waals surface area contributed by atoms with Crippen molar-refractivity contribution in [3.8, 4) is 0 Å². The molecule has 8 nitrogen and oxygen atoms in total. The van der Waals surface area contributed by atoms with E-state index in [0.717, 1.165) is 6.42 Å². The molecule has 2 aliphatic rings. The van der Waals surface area contributed by atoms with Gasteiger partial charge in [-0.2, -0.15) is 4.39 Å². The van der Waals surface area contributed by atoms with E-state index in [4.69, 9.17) is 11.6 Å². The number of nitrogens with one attached hydrogen (secondary N) is 2. The normalized spacial score (nSPS) is 21.1. The Labute approximate surface area is 201 Å². The number of nitrogens with zero attached hydrogens (tertiary/aromatic N) is 4. The molecule has 2 fully saturated rings. The minimum absolute atomic E-state index is 0.0499. The van der Waals surface area contributed by atoms with Crippen molar-refractivity contribution >= 4 is 40.7 Å². The summed E-state index contributed by atoms with van der Waals surface area (Å²) in [4.78, 5) is 37.5. The zero-order valence-electron chi connectivity index (χ0n) is 18.9. The molecule has 2 amide bonds. The summed E-state index contributed by atoms with van der Waals surface area (Å²) < 4.78 is 28.8. The summed E-state index contributed by atoms with van der Waals surface area (Å²) in [5.74, 6) is -1.84. The van der Waals surface area contributed by atoms with E-state index in [1.165, 1.54) is 23.4 Å². The first-order valence-corrected chi connectivity index (χ1v) is 11.9. The van der Waals surface area contributed by atoms with Crippen LogP contribution in [0.2, 0.25) is 5.02 Å². The second-order valence-electron chi connectivity index (χ2n) is 8.46. The van der Waals surface area contributed by atoms with Crippen molar-refractivity contribution in [3.63, 3.8) is 0 Å². The molecule has 1 unspecified atom stereocenters. The Balaban J connectivity index is 1.51. The first-order valence-electron chi connectivity index (χ1n) is 11.5. The Hall–Kier alpha value is -3.01. The van der Waals surface area contributed by atoms with Crippen LogP contribution in [0.25, 0.3) is 0 Å². The van der Waals surface area contributed by atoms with Gasteiger partial charge < -0.3 is 15.5 Å². The molecule has 2 atom stereocenters. The van der Waals surface area contributed by atoms with Gasteiger partial charge in [0.2, 0.25) is 11.7 Å². The smallest absolute Gasteiger partial charge is 0.251 e. The molecule has 0 aliphatic carbocycles. The number of hydrogen-bond donors (Lipinski definition) is 2. The summed E-state index contributed by atoms with van der Waals surface area (Å²) in [5.41, 5.74) is 0.400. The quantitative estimate of drug-likeness (QED) is 0.610. The zero-order chi connectivity index (χ0) is 24.2. The number of likely N-dealkylation sites (tertiary alicyclic amines) is 1. The van der Waals surface area contributed by atoms with E-state index in [0.29, 0.717) is 51.0 Å². The number of anilines is 3. The Bertz CT molecular complexity index is 1050. The maximum atomic E-state index is 15.1. The molecule has 2 aromatic rings. The van der Waals surface area contributed by atoms with Crippen molar-refractivity contribution in [3.05, 3.63) is 41.2 Å². The molecule has 3 heterocycles. The molecule has 1 aromatic heterocycles. The Morgan fingerprint density at radius 3 is 2.65 bits per heavy atom. The molecule has 34 heavy (non-hydrogen) atoms. The van der Waals surface area contributed by atoms with Gasteiger partial charge in [0, 0.05) is 30.3 Å². The van der Waals surface area contributed by atoms with Crippen LogP contribution in [0.3, 0.4) is 0 Å². The first-order chi connectivity index (χ1) is 16.4. The van der Waals surface area contributed by atoms with E-state index in [-0.39, 0.29) is 28.5 Å². The third kappa shape index (κ3) is 5.06. The Morgan fingerprint density at radius 1 is 1.09 bits per heavy atom. The number of halogens is 3. The number of carbonyl (C=O) groups excluding carboxylic acids is 2. The number of aromatic nitrogens is 2. The van der Waals surface area contributed by atoms with Crippen LogP contribution in [-0.4, -0.2) is 58.4 Å². The largest absolute Gasteiger partial charge is 0.374 e. The summed E-state index contributed by atoms with van der Waals surface area (Å²) in [7, 11) is 0. The fourth-order valence-corrected chi connectivity index (χ4v) is 4.67. The van der Waals surface area contributed by atoms with Gasteiger partial charge >= 0.3 is 0 Å². The minimum atomic E-state index is -0.719. The van der Waals surface area contributed by atoms with Crippen molar-refractivity contribution in [1.29, 1.82) is 0 Å². The van der Waals surface area contributed by atoms with Gasteiger partial charge in [-0.15, -0.1) is 0 Å². The molecule has 11 heteroatoms. The van der Waals surface area contributed by atoms with Gasteiger partial charge in [0.1, 0.15) is 24.2 Å². The molecular weight excluding hydrogens is 466 g/mol. The average Bonchev–Trinajstić information content (AvgIpc) is 2.80. The van der Waals surface area contributed by atoms with Crippen LogP contribution < -0.4 is 15.5 Å². The molecular formula is C23H27ClF2N6O2. The van der Waals surface area contributed by atoms with Crippen LogP contribution in [0.4, 0.5) is 26.1 Å². The molecule has 4 rings (SSSR count). The Morgan fingerprint density at radius 2 is 1.88 bits per heavy atom. The molecule has 0 spiro atoms. The van der Waals surface area contributed by atoms with Gasteiger partial charge in [-0.05, 0) is 50.3 Å². The predicted molar refractivity (Wildman–Crippen MR) is 126 cm³/mol. The summed E-state index contributed by atoms with van der Waals surface area (Å²) in [6.07, 6.45) is 4.30. The molecule has 0 bridgehead atoms. The molecule has 2 N–H and O–H groups in total. The number of carbonyl (C=O) groups is 2. The fraction of sp³-hybridized carbons (Fsp3) is 0.478. The van der Waals surface area contributed by atoms with Gasteiger partial charge in [0.25, 0.3) is 5.91 Å². The predicted octanol–water partition coefficient (Wildman–Crippen LogP) is 3.83. The molecule has 2 aliphatic heterocycles. The highest BCUT2D eigenvalue weighted by Crippen LogP contribution is 2.29. The van der Waals surface area contributed by atoms with E-state index in [1.54, 1.807) is 11.0 Å². The van der Waals surface area contributed by atoms with Crippen molar-refractivity contribution in [2.45, 2.75) is 51.1 Å². The first kappa shape index (κ1) is 24.1. The van der Waals surface area contributed by atoms with E-state index < -0.39 is 23.7 Å². The lowest BCUT2D eigenvalue weighted by atomic mass is 9.97. The maximum Gasteiger partial charge on any atom is 0.251 e. The standard InChI is InChI=1S/C23H27ClF2N6O2/c1-2-7-27-20-19(26)21(29-13-28-20)32-9-4-6-18(23(32)34)31-8-3-5-17(22(31)33)30-16-11-14(24)10-15(25)12-16/h10-13,17-18,30H,2-9H2,1H3,(H,27,28,29)/t17?,18-/m1/s1. The molecule has 1 aromatic carbocycles. The fourth-order valence-electron chi connectivity index (χ4n) is 4.45. The van der Waals surface area contributed by atoms with Crippen LogP contribution >= 0.6 is 11.6 Å². The minimum Gasteiger partial charge on any atom is -0.374 e. The van der Waals surface area contributed by atoms with Crippen LogP contribution in [0.5, 0.6) is 0 Å². The number of rotatable bonds is 7. The van der Waals surface area contributed by atoms with E-state index >= 15 is 4.39 Å². The van der Waals surface area contributed by atoms with Crippen LogP contribution in [0, 0.1) is 11.6 Å². The van der Waals surface area contributed by atoms with Gasteiger partial charge in [0.05, 0.1) is 0 Å². The van der Waals surface area contributed by atoms with Crippen LogP contribution in [-0.2, 0) is 9.59 Å². The summed E-state index contributed by atoms with van der Waals surface area (Å²) in [6, 6.07) is 2.67. The van der Waals surface area contributed by atoms with Gasteiger partial charge in [-0.3, -0.25) is 14.5 Å². The second kappa shape index (κ2) is 10.5. The molecule has 2 saturated heterocycles. The lowest BCUT2D eigenvalue weighted by Crippen LogP contribution is -2.59. The van der Waals surface area contributed by atoms with Gasteiger partial charge in [-0.1, -0.05) is 18.5 Å². The lowest BCUT2D eigenvalue weighted by Gasteiger charge is -2.41. The van der Waals surface area contributed by atoms with Crippen molar-refractivity contribution in [2.75, 3.05) is 35.2 Å². The molecule has 0 saturated carbocycles. The summed E-state index contributed by atoms with van der Waals surface area (Å²) in [5, 5.41) is 6.17. The maximum absolute atomic E-state index is 15.1. The third-order valence-corrected chi connectivity index (χ3v) is 6.25. The second-order valence-corrected chi connectivity index (χ2v) is 8.90. The van der Waals surface area contributed by atoms with Crippen molar-refractivity contribution in [2.24, 2.45) is 0 Å². The third-order valence-electron chi connectivity index (χ3n) is 6.03. The monoisotopic (exact) mass is 492 g/mol. The molecule has 0 radical (unpaired) electrons. The average molecular weight is 493 g/mol. The van der Waals surface area contributed by atoms with E-state index in [1.807, 2.05) is 6.92 Å². The molecule has 182 valence electrons. The number of piperidine rings is 2. The summed E-state index contributed by atoms with van der Waals surface area (Å²) in [6.45, 7) is 3.21. The summed E-state index contributed by atoms with van der Waals surface area (Å²) >= 11 is 5.93. The highest BCUT2D eigenvalue weighted by atomic mass is 35.5. The van der Waals surface area contributed by atoms with Crippen molar-refractivity contribution < 1.29 is 18.4 Å². The highest BCUT2D eigenvalue weighted by Gasteiger charge is 2.41. The SMILES string of the molecule is CCCNc1ncnc(N2CCC[C@@H](N3CCCC(Nc4cc(F)cc(Cl)c4)C3=O)C2=O)c1F.